The highest BCUT2D eigenvalue weighted by Crippen LogP contribution is 2.29. The number of halogens is 1. The maximum absolute atomic E-state index is 11.3. The highest BCUT2D eigenvalue weighted by atomic mass is 35.5. The van der Waals surface area contributed by atoms with Crippen molar-refractivity contribution in [3.63, 3.8) is 0 Å². The third-order valence-corrected chi connectivity index (χ3v) is 2.79. The van der Waals surface area contributed by atoms with Crippen molar-refractivity contribution >= 4 is 17.4 Å². The summed E-state index contributed by atoms with van der Waals surface area (Å²) in [5, 5.41) is 0.396. The van der Waals surface area contributed by atoms with Crippen LogP contribution in [-0.2, 0) is 0 Å². The van der Waals surface area contributed by atoms with Crippen LogP contribution in [0.2, 0.25) is 5.02 Å². The molecule has 2 rings (SSSR count). The van der Waals surface area contributed by atoms with E-state index in [4.69, 9.17) is 16.3 Å². The molecule has 5 heteroatoms. The van der Waals surface area contributed by atoms with Crippen molar-refractivity contribution in [2.75, 3.05) is 7.11 Å². The van der Waals surface area contributed by atoms with Gasteiger partial charge in [0.1, 0.15) is 5.69 Å². The number of ketones is 1. The molecule has 0 bridgehead atoms. The van der Waals surface area contributed by atoms with Gasteiger partial charge in [-0.05, 0) is 19.1 Å². The topological polar surface area (TPSA) is 52.1 Å². The van der Waals surface area contributed by atoms with Crippen molar-refractivity contribution in [3.8, 4) is 17.1 Å². The van der Waals surface area contributed by atoms with E-state index >= 15 is 0 Å². The van der Waals surface area contributed by atoms with Gasteiger partial charge in [-0.15, -0.1) is 0 Å². The Kier molecular flexibility index (Phi) is 3.58. The fourth-order valence-electron chi connectivity index (χ4n) is 1.62. The number of rotatable bonds is 3. The van der Waals surface area contributed by atoms with Crippen LogP contribution < -0.4 is 4.74 Å². The molecule has 0 aliphatic carbocycles. The van der Waals surface area contributed by atoms with E-state index < -0.39 is 0 Å². The highest BCUT2D eigenvalue weighted by molar-refractivity contribution is 6.34. The first-order valence-electron chi connectivity index (χ1n) is 5.29. The number of hydrogen-bond acceptors (Lipinski definition) is 4. The Hall–Kier alpha value is -1.94. The van der Waals surface area contributed by atoms with Gasteiger partial charge in [-0.3, -0.25) is 4.79 Å². The molecule has 2 aromatic rings. The van der Waals surface area contributed by atoms with E-state index in [2.05, 4.69) is 9.97 Å². The minimum absolute atomic E-state index is 0.0716. The van der Waals surface area contributed by atoms with Gasteiger partial charge in [0, 0.05) is 23.5 Å². The van der Waals surface area contributed by atoms with Crippen LogP contribution in [0.25, 0.3) is 11.3 Å². The van der Waals surface area contributed by atoms with Gasteiger partial charge in [-0.25, -0.2) is 9.97 Å². The zero-order valence-electron chi connectivity index (χ0n) is 9.98. The van der Waals surface area contributed by atoms with E-state index in [1.807, 2.05) is 0 Å². The minimum Gasteiger partial charge on any atom is -0.479 e. The van der Waals surface area contributed by atoms with Gasteiger partial charge in [0.15, 0.2) is 5.78 Å². The average Bonchev–Trinajstić information content (AvgIpc) is 2.38. The van der Waals surface area contributed by atoms with Gasteiger partial charge in [0.05, 0.1) is 12.1 Å². The Bertz CT molecular complexity index is 599. The Morgan fingerprint density at radius 3 is 2.61 bits per heavy atom. The molecule has 1 aromatic heterocycles. The summed E-state index contributed by atoms with van der Waals surface area (Å²) >= 11 is 6.06. The smallest absolute Gasteiger partial charge is 0.240 e. The van der Waals surface area contributed by atoms with Crippen LogP contribution in [0, 0.1) is 0 Å². The zero-order valence-corrected chi connectivity index (χ0v) is 10.7. The summed E-state index contributed by atoms with van der Waals surface area (Å²) in [6, 6.07) is 5.13. The van der Waals surface area contributed by atoms with Crippen LogP contribution >= 0.6 is 11.6 Å². The third-order valence-electron chi connectivity index (χ3n) is 2.48. The summed E-state index contributed by atoms with van der Waals surface area (Å²) in [5.74, 6) is 0.349. The lowest BCUT2D eigenvalue weighted by molar-refractivity contribution is 0.101. The lowest BCUT2D eigenvalue weighted by Crippen LogP contribution is -1.96. The van der Waals surface area contributed by atoms with Gasteiger partial charge < -0.3 is 4.74 Å². The van der Waals surface area contributed by atoms with Gasteiger partial charge in [-0.1, -0.05) is 17.7 Å². The molecule has 0 radical (unpaired) electrons. The number of Topliss-reactive ketones (excluding diaryl/α,β-unsaturated/α-hetero) is 1. The Morgan fingerprint density at radius 2 is 2.00 bits per heavy atom. The molecule has 0 saturated carbocycles. The normalized spacial score (nSPS) is 10.2. The van der Waals surface area contributed by atoms with E-state index in [1.54, 1.807) is 30.6 Å². The molecular weight excluding hydrogens is 252 g/mol. The molecule has 0 spiro atoms. The number of carbonyl (C=O) groups is 1. The van der Waals surface area contributed by atoms with Crippen molar-refractivity contribution in [3.05, 3.63) is 41.2 Å². The first kappa shape index (κ1) is 12.5. The summed E-state index contributed by atoms with van der Waals surface area (Å²) in [6.45, 7) is 1.48. The van der Waals surface area contributed by atoms with Crippen molar-refractivity contribution in [1.29, 1.82) is 0 Å². The largest absolute Gasteiger partial charge is 0.479 e. The summed E-state index contributed by atoms with van der Waals surface area (Å²) < 4.78 is 5.13. The van der Waals surface area contributed by atoms with E-state index in [1.165, 1.54) is 14.0 Å². The van der Waals surface area contributed by atoms with Crippen molar-refractivity contribution in [2.45, 2.75) is 6.92 Å². The molecule has 0 unspecified atom stereocenters. The predicted octanol–water partition coefficient (Wildman–Crippen LogP) is 3.01. The second-order valence-corrected chi connectivity index (χ2v) is 4.07. The lowest BCUT2D eigenvalue weighted by Gasteiger charge is -2.07. The molecule has 0 aliphatic heterocycles. The number of benzene rings is 1. The monoisotopic (exact) mass is 262 g/mol. The molecule has 0 atom stereocenters. The van der Waals surface area contributed by atoms with Gasteiger partial charge in [0.25, 0.3) is 0 Å². The second kappa shape index (κ2) is 5.14. The van der Waals surface area contributed by atoms with Crippen molar-refractivity contribution in [2.24, 2.45) is 0 Å². The van der Waals surface area contributed by atoms with Crippen molar-refractivity contribution < 1.29 is 9.53 Å². The molecule has 0 N–H and O–H groups in total. The second-order valence-electron chi connectivity index (χ2n) is 3.67. The molecule has 1 aromatic carbocycles. The summed E-state index contributed by atoms with van der Waals surface area (Å²) in [5.41, 5.74) is 1.84. The van der Waals surface area contributed by atoms with Gasteiger partial charge in [-0.2, -0.15) is 0 Å². The van der Waals surface area contributed by atoms with Crippen LogP contribution in [0.4, 0.5) is 0 Å². The first-order valence-corrected chi connectivity index (χ1v) is 5.67. The van der Waals surface area contributed by atoms with E-state index in [-0.39, 0.29) is 5.78 Å². The molecule has 0 aliphatic rings. The Balaban J connectivity index is 2.52. The van der Waals surface area contributed by atoms with Crippen LogP contribution in [0.3, 0.4) is 0 Å². The summed E-state index contributed by atoms with van der Waals surface area (Å²) in [6.07, 6.45) is 3.12. The first-order chi connectivity index (χ1) is 8.63. The molecule has 0 fully saturated rings. The SMILES string of the molecule is COc1nccnc1-c1ccc(C(C)=O)c(Cl)c1. The Labute approximate surface area is 110 Å². The molecule has 1 heterocycles. The number of aromatic nitrogens is 2. The predicted molar refractivity (Wildman–Crippen MR) is 69.0 cm³/mol. The fraction of sp³-hybridized carbons (Fsp3) is 0.154. The maximum atomic E-state index is 11.3. The average molecular weight is 263 g/mol. The van der Waals surface area contributed by atoms with Crippen molar-refractivity contribution in [1.82, 2.24) is 9.97 Å². The van der Waals surface area contributed by atoms with E-state index in [0.717, 1.165) is 5.56 Å². The number of carbonyl (C=O) groups excluding carboxylic acids is 1. The Morgan fingerprint density at radius 1 is 1.28 bits per heavy atom. The fourth-order valence-corrected chi connectivity index (χ4v) is 1.93. The number of methoxy groups -OCH3 is 1. The summed E-state index contributed by atoms with van der Waals surface area (Å²) in [4.78, 5) is 19.6. The molecular formula is C13H11ClN2O2. The molecule has 92 valence electrons. The van der Waals surface area contributed by atoms with Crippen LogP contribution in [-0.4, -0.2) is 22.9 Å². The van der Waals surface area contributed by atoms with Crippen LogP contribution in [0.1, 0.15) is 17.3 Å². The third kappa shape index (κ3) is 2.33. The van der Waals surface area contributed by atoms with Crippen LogP contribution in [0.15, 0.2) is 30.6 Å². The van der Waals surface area contributed by atoms with Crippen LogP contribution in [0.5, 0.6) is 5.88 Å². The maximum Gasteiger partial charge on any atom is 0.240 e. The number of ether oxygens (including phenoxy) is 1. The molecule has 4 nitrogen and oxygen atoms in total. The van der Waals surface area contributed by atoms with Gasteiger partial charge in [0.2, 0.25) is 5.88 Å². The number of nitrogens with zero attached hydrogens (tertiary/aromatic N) is 2. The quantitative estimate of drug-likeness (QED) is 0.798. The highest BCUT2D eigenvalue weighted by Gasteiger charge is 2.11. The molecule has 0 saturated heterocycles. The lowest BCUT2D eigenvalue weighted by atomic mass is 10.1. The molecule has 0 amide bonds. The van der Waals surface area contributed by atoms with E-state index in [0.29, 0.717) is 22.2 Å². The molecule has 18 heavy (non-hydrogen) atoms. The summed E-state index contributed by atoms with van der Waals surface area (Å²) in [7, 11) is 1.53. The minimum atomic E-state index is -0.0716. The van der Waals surface area contributed by atoms with Gasteiger partial charge >= 0.3 is 0 Å². The number of hydrogen-bond donors (Lipinski definition) is 0. The standard InChI is InChI=1S/C13H11ClN2O2/c1-8(17)10-4-3-9(7-11(10)14)12-13(18-2)16-6-5-15-12/h3-7H,1-2H3. The van der Waals surface area contributed by atoms with E-state index in [9.17, 15) is 4.79 Å². The zero-order chi connectivity index (χ0) is 13.1.